The molecule has 1 rings (SSSR count). The van der Waals surface area contributed by atoms with Crippen molar-refractivity contribution in [2.45, 2.75) is 52.2 Å². The first-order valence-corrected chi connectivity index (χ1v) is 8.09. The average molecular weight is 293 g/mol. The maximum Gasteiger partial charge on any atom is 0.410 e. The molecule has 1 aliphatic heterocycles. The van der Waals surface area contributed by atoms with Crippen molar-refractivity contribution < 1.29 is 22.1 Å². The molecule has 6 nitrogen and oxygen atoms in total. The lowest BCUT2D eigenvalue weighted by molar-refractivity contribution is 0.0133. The molecule has 19 heavy (non-hydrogen) atoms. The predicted molar refractivity (Wildman–Crippen MR) is 71.4 cm³/mol. The van der Waals surface area contributed by atoms with Crippen LogP contribution in [0.25, 0.3) is 0 Å². The Hall–Kier alpha value is -0.820. The van der Waals surface area contributed by atoms with Crippen LogP contribution in [0.4, 0.5) is 4.79 Å². The summed E-state index contributed by atoms with van der Waals surface area (Å²) in [6, 6.07) is 0. The first-order valence-electron chi connectivity index (χ1n) is 6.52. The van der Waals surface area contributed by atoms with E-state index in [0.717, 1.165) is 0 Å². The van der Waals surface area contributed by atoms with Gasteiger partial charge >= 0.3 is 6.09 Å². The smallest absolute Gasteiger partial charge is 0.410 e. The predicted octanol–water partition coefficient (Wildman–Crippen LogP) is 1.75. The fraction of sp³-hybridized carbons (Fsp3) is 0.917. The van der Waals surface area contributed by atoms with Gasteiger partial charge in [0.1, 0.15) is 5.60 Å². The molecule has 0 saturated carbocycles. The third-order valence-electron chi connectivity index (χ3n) is 2.73. The number of carbonyl (C=O) groups is 1. The molecule has 0 aromatic rings. The fourth-order valence-electron chi connectivity index (χ4n) is 1.74. The average Bonchev–Trinajstić information content (AvgIpc) is 2.27. The fourth-order valence-corrected chi connectivity index (χ4v) is 2.48. The highest BCUT2D eigenvalue weighted by Crippen LogP contribution is 2.18. The quantitative estimate of drug-likeness (QED) is 0.741. The van der Waals surface area contributed by atoms with Crippen molar-refractivity contribution in [3.63, 3.8) is 0 Å². The van der Waals surface area contributed by atoms with Crippen LogP contribution in [0.15, 0.2) is 0 Å². The highest BCUT2D eigenvalue weighted by Gasteiger charge is 2.29. The lowest BCUT2D eigenvalue weighted by Gasteiger charge is -2.32. The minimum absolute atomic E-state index is 0.0285. The lowest BCUT2D eigenvalue weighted by Crippen LogP contribution is -2.43. The topological polar surface area (TPSA) is 72.9 Å². The number of rotatable bonds is 3. The zero-order chi connectivity index (χ0) is 14.7. The van der Waals surface area contributed by atoms with Gasteiger partial charge in [0, 0.05) is 13.1 Å². The molecule has 7 heteroatoms. The van der Waals surface area contributed by atoms with Gasteiger partial charge in [-0.15, -0.1) is 0 Å². The van der Waals surface area contributed by atoms with Gasteiger partial charge < -0.3 is 9.64 Å². The summed E-state index contributed by atoms with van der Waals surface area (Å²) in [6.07, 6.45) is 0.338. The molecule has 0 bridgehead atoms. The van der Waals surface area contributed by atoms with Crippen LogP contribution in [0.2, 0.25) is 0 Å². The Balaban J connectivity index is 2.43. The minimum atomic E-state index is -3.42. The van der Waals surface area contributed by atoms with Gasteiger partial charge in [-0.05, 0) is 40.5 Å². The van der Waals surface area contributed by atoms with Crippen LogP contribution in [0.5, 0.6) is 0 Å². The Morgan fingerprint density at radius 2 is 1.79 bits per heavy atom. The van der Waals surface area contributed by atoms with E-state index >= 15 is 0 Å². The molecule has 112 valence electrons. The van der Waals surface area contributed by atoms with Gasteiger partial charge in [-0.3, -0.25) is 4.18 Å². The van der Waals surface area contributed by atoms with E-state index in [1.54, 1.807) is 11.8 Å². The normalized spacial score (nSPS) is 18.4. The highest BCUT2D eigenvalue weighted by atomic mass is 32.2. The molecule has 1 fully saturated rings. The van der Waals surface area contributed by atoms with Crippen molar-refractivity contribution in [3.05, 3.63) is 0 Å². The van der Waals surface area contributed by atoms with E-state index in [1.807, 2.05) is 20.8 Å². The number of likely N-dealkylation sites (tertiary alicyclic amines) is 1. The Morgan fingerprint density at radius 1 is 1.26 bits per heavy atom. The minimum Gasteiger partial charge on any atom is -0.444 e. The molecule has 0 unspecified atom stereocenters. The van der Waals surface area contributed by atoms with Crippen LogP contribution in [0, 0.1) is 0 Å². The molecule has 0 atom stereocenters. The molecular weight excluding hydrogens is 270 g/mol. The van der Waals surface area contributed by atoms with Gasteiger partial charge in [0.15, 0.2) is 0 Å². The SMILES string of the molecule is CCS(=O)(=O)OC1CCN(C(=O)OC(C)(C)C)CC1. The van der Waals surface area contributed by atoms with E-state index in [4.69, 9.17) is 8.92 Å². The van der Waals surface area contributed by atoms with Crippen LogP contribution >= 0.6 is 0 Å². The van der Waals surface area contributed by atoms with E-state index in [1.165, 1.54) is 0 Å². The van der Waals surface area contributed by atoms with Gasteiger partial charge in [-0.2, -0.15) is 8.42 Å². The second-order valence-corrected chi connectivity index (χ2v) is 7.49. The maximum atomic E-state index is 11.8. The molecule has 1 heterocycles. The van der Waals surface area contributed by atoms with E-state index < -0.39 is 15.7 Å². The van der Waals surface area contributed by atoms with Crippen molar-refractivity contribution in [3.8, 4) is 0 Å². The Morgan fingerprint density at radius 3 is 2.21 bits per heavy atom. The third-order valence-corrected chi connectivity index (χ3v) is 4.00. The summed E-state index contributed by atoms with van der Waals surface area (Å²) in [4.78, 5) is 13.4. The lowest BCUT2D eigenvalue weighted by atomic mass is 10.1. The van der Waals surface area contributed by atoms with Crippen molar-refractivity contribution in [1.29, 1.82) is 0 Å². The number of hydrogen-bond acceptors (Lipinski definition) is 5. The van der Waals surface area contributed by atoms with E-state index in [2.05, 4.69) is 0 Å². The number of carbonyl (C=O) groups excluding carboxylic acids is 1. The highest BCUT2D eigenvalue weighted by molar-refractivity contribution is 7.86. The number of piperidine rings is 1. The van der Waals surface area contributed by atoms with Crippen LogP contribution in [-0.2, 0) is 19.0 Å². The summed E-state index contributed by atoms with van der Waals surface area (Å²) < 4.78 is 33.0. The monoisotopic (exact) mass is 293 g/mol. The second-order valence-electron chi connectivity index (χ2n) is 5.61. The van der Waals surface area contributed by atoms with Crippen molar-refractivity contribution in [1.82, 2.24) is 4.90 Å². The van der Waals surface area contributed by atoms with E-state index in [-0.39, 0.29) is 18.0 Å². The number of nitrogens with zero attached hydrogens (tertiary/aromatic N) is 1. The van der Waals surface area contributed by atoms with E-state index in [0.29, 0.717) is 25.9 Å². The van der Waals surface area contributed by atoms with Gasteiger partial charge in [-0.1, -0.05) is 0 Å². The molecule has 1 aliphatic rings. The summed E-state index contributed by atoms with van der Waals surface area (Å²) in [7, 11) is -3.42. The zero-order valence-electron chi connectivity index (χ0n) is 12.0. The molecular formula is C12H23NO5S. The summed E-state index contributed by atoms with van der Waals surface area (Å²) >= 11 is 0. The number of ether oxygens (including phenoxy) is 1. The van der Waals surface area contributed by atoms with E-state index in [9.17, 15) is 13.2 Å². The van der Waals surface area contributed by atoms with Gasteiger partial charge in [-0.25, -0.2) is 4.79 Å². The molecule has 1 amide bonds. The molecule has 0 aromatic heterocycles. The van der Waals surface area contributed by atoms with Crippen LogP contribution in [-0.4, -0.2) is 50.0 Å². The molecule has 0 radical (unpaired) electrons. The zero-order valence-corrected chi connectivity index (χ0v) is 12.8. The molecule has 1 saturated heterocycles. The Labute approximate surface area is 115 Å². The van der Waals surface area contributed by atoms with Crippen LogP contribution in [0.3, 0.4) is 0 Å². The Bertz CT molecular complexity index is 404. The molecule has 0 aromatic carbocycles. The first-order chi connectivity index (χ1) is 8.63. The van der Waals surface area contributed by atoms with Crippen LogP contribution < -0.4 is 0 Å². The largest absolute Gasteiger partial charge is 0.444 e. The summed E-state index contributed by atoms with van der Waals surface area (Å²) in [5.41, 5.74) is -0.518. The number of hydrogen-bond donors (Lipinski definition) is 0. The molecule has 0 aliphatic carbocycles. The first kappa shape index (κ1) is 16.2. The van der Waals surface area contributed by atoms with Crippen molar-refractivity contribution in [2.75, 3.05) is 18.8 Å². The third kappa shape index (κ3) is 5.78. The summed E-state index contributed by atoms with van der Waals surface area (Å²) in [5, 5.41) is 0. The molecule has 0 spiro atoms. The van der Waals surface area contributed by atoms with Crippen LogP contribution in [0.1, 0.15) is 40.5 Å². The van der Waals surface area contributed by atoms with Crippen molar-refractivity contribution in [2.24, 2.45) is 0 Å². The summed E-state index contributed by atoms with van der Waals surface area (Å²) in [5.74, 6) is -0.0285. The Kier molecular flexibility index (Phi) is 5.20. The van der Waals surface area contributed by atoms with Crippen molar-refractivity contribution >= 4 is 16.2 Å². The maximum absolute atomic E-state index is 11.8. The summed E-state index contributed by atoms with van der Waals surface area (Å²) in [6.45, 7) is 7.90. The number of amides is 1. The standard InChI is InChI=1S/C12H23NO5S/c1-5-19(15,16)18-10-6-8-13(9-7-10)11(14)17-12(2,3)4/h10H,5-9H2,1-4H3. The van der Waals surface area contributed by atoms with Gasteiger partial charge in [0.05, 0.1) is 11.9 Å². The molecule has 0 N–H and O–H groups in total. The second kappa shape index (κ2) is 6.09. The van der Waals surface area contributed by atoms with Gasteiger partial charge in [0.25, 0.3) is 10.1 Å². The van der Waals surface area contributed by atoms with Gasteiger partial charge in [0.2, 0.25) is 0 Å².